The molecule has 3 heterocycles. The fourth-order valence-corrected chi connectivity index (χ4v) is 8.61. The van der Waals surface area contributed by atoms with Crippen LogP contribution in [0.1, 0.15) is 48.8 Å². The topological polar surface area (TPSA) is 146 Å². The van der Waals surface area contributed by atoms with E-state index in [4.69, 9.17) is 34.6 Å². The number of hydrogen-bond donors (Lipinski definition) is 4. The number of carboxylic acids is 2. The zero-order valence-electron chi connectivity index (χ0n) is 24.6. The van der Waals surface area contributed by atoms with E-state index in [1.54, 1.807) is 7.11 Å². The second-order valence-corrected chi connectivity index (χ2v) is 12.9. The Hall–Kier alpha value is -3.18. The van der Waals surface area contributed by atoms with Crippen LogP contribution >= 0.6 is 0 Å². The van der Waals surface area contributed by atoms with Gasteiger partial charge in [0.2, 0.25) is 0 Å². The van der Waals surface area contributed by atoms with Crippen LogP contribution in [0.25, 0.3) is 0 Å². The lowest BCUT2D eigenvalue weighted by Crippen LogP contribution is -2.74. The highest BCUT2D eigenvalue weighted by Gasteiger charge is 2.73. The van der Waals surface area contributed by atoms with Crippen molar-refractivity contribution >= 4 is 11.9 Å². The monoisotopic (exact) mass is 595 g/mol. The Labute approximate surface area is 251 Å². The molecule has 0 radical (unpaired) electrons. The van der Waals surface area contributed by atoms with Gasteiger partial charge in [-0.05, 0) is 75.2 Å². The summed E-state index contributed by atoms with van der Waals surface area (Å²) in [5.74, 6) is -0.953. The fraction of sp³-hybridized carbons (Fsp3) is 0.576. The zero-order valence-corrected chi connectivity index (χ0v) is 24.6. The minimum absolute atomic E-state index is 0.104. The number of carbonyl (C=O) groups is 2. The van der Waals surface area contributed by atoms with E-state index >= 15 is 0 Å². The average Bonchev–Trinajstić information content (AvgIpc) is 3.32. The van der Waals surface area contributed by atoms with Gasteiger partial charge < -0.3 is 39.5 Å². The number of aliphatic hydroxyl groups excluding tert-OH is 2. The van der Waals surface area contributed by atoms with Crippen LogP contribution in [0.3, 0.4) is 0 Å². The van der Waals surface area contributed by atoms with Crippen molar-refractivity contribution < 1.29 is 44.2 Å². The van der Waals surface area contributed by atoms with Gasteiger partial charge in [-0.2, -0.15) is 0 Å². The predicted octanol–water partition coefficient (Wildman–Crippen LogP) is 2.65. The number of fused-ring (bicyclic) bond motifs is 2. The minimum Gasteiger partial charge on any atom is -0.493 e. The molecule has 10 heteroatoms. The second-order valence-electron chi connectivity index (χ2n) is 12.9. The standard InChI is InChI=1S/C29H35NO3.C4H6O6/c1-30-15-14-29-21-17-28(13-7-6-10-19-8-4-3-5-9-19)18-32-26(28)27(29)33-25-23(31-2)12-11-20(24(25)29)16-22(21)30;5-1(3(7)8)2(6)4(9)10/h3-5,8-9,11-12,21-22,26-27H,6-7,10,13-18H2,1-2H3;1-2,5-6H,(H,7,8)(H,9,10)/t21?,22?,26-,27?,28-,29?;/m1./s1. The van der Waals surface area contributed by atoms with E-state index in [2.05, 4.69) is 54.4 Å². The number of nitrogens with zero attached hydrogens (tertiary/aromatic N) is 1. The molecule has 232 valence electrons. The Bertz CT molecular complexity index is 1350. The fourth-order valence-electron chi connectivity index (χ4n) is 8.61. The number of aliphatic carboxylic acids is 2. The van der Waals surface area contributed by atoms with Crippen LogP contribution < -0.4 is 9.47 Å². The van der Waals surface area contributed by atoms with E-state index in [1.807, 2.05) is 0 Å². The first-order chi connectivity index (χ1) is 20.6. The number of likely N-dealkylation sites (tertiary alicyclic amines) is 1. The van der Waals surface area contributed by atoms with Gasteiger partial charge in [0.05, 0.1) is 13.7 Å². The van der Waals surface area contributed by atoms with E-state index in [0.717, 1.165) is 31.1 Å². The molecule has 10 nitrogen and oxygen atoms in total. The molecule has 2 saturated heterocycles. The van der Waals surface area contributed by atoms with Gasteiger partial charge in [-0.15, -0.1) is 0 Å². The van der Waals surface area contributed by atoms with E-state index in [1.165, 1.54) is 55.2 Å². The van der Waals surface area contributed by atoms with Crippen LogP contribution in [0, 0.1) is 11.3 Å². The first-order valence-electron chi connectivity index (χ1n) is 15.2. The molecule has 3 aliphatic heterocycles. The van der Waals surface area contributed by atoms with Gasteiger partial charge in [-0.25, -0.2) is 9.59 Å². The molecule has 43 heavy (non-hydrogen) atoms. The maximum absolute atomic E-state index is 9.77. The van der Waals surface area contributed by atoms with Crippen LogP contribution in [0.15, 0.2) is 42.5 Å². The minimum atomic E-state index is -2.27. The smallest absolute Gasteiger partial charge is 0.335 e. The SMILES string of the molecule is COc1ccc2c3c1OC1[C@H]4OC[C@@]4(CCCCc4ccccc4)CC4C(C2)N(C)CCC341.O=C(O)C(O)C(O)C(=O)O. The van der Waals surface area contributed by atoms with Gasteiger partial charge in [-0.3, -0.25) is 0 Å². The van der Waals surface area contributed by atoms with Crippen LogP contribution in [0.4, 0.5) is 0 Å². The second kappa shape index (κ2) is 11.4. The third kappa shape index (κ3) is 4.79. The number of rotatable bonds is 9. The number of benzene rings is 2. The number of aliphatic hydroxyl groups is 2. The first kappa shape index (κ1) is 29.9. The third-order valence-electron chi connectivity index (χ3n) is 10.7. The highest BCUT2D eigenvalue weighted by molar-refractivity contribution is 5.83. The molecule has 2 aromatic rings. The lowest BCUT2D eigenvalue weighted by atomic mass is 9.45. The zero-order chi connectivity index (χ0) is 30.5. The van der Waals surface area contributed by atoms with Gasteiger partial charge in [0, 0.05) is 22.4 Å². The lowest BCUT2D eigenvalue weighted by Gasteiger charge is -2.66. The maximum atomic E-state index is 9.77. The molecule has 1 saturated carbocycles. The number of piperidine rings is 1. The van der Waals surface area contributed by atoms with Crippen molar-refractivity contribution in [2.24, 2.45) is 11.3 Å². The molecular weight excluding hydrogens is 554 g/mol. The summed E-state index contributed by atoms with van der Waals surface area (Å²) in [6, 6.07) is 16.0. The maximum Gasteiger partial charge on any atom is 0.335 e. The molecule has 7 rings (SSSR count). The van der Waals surface area contributed by atoms with Crippen molar-refractivity contribution in [3.63, 3.8) is 0 Å². The number of likely N-dealkylation sites (N-methyl/N-ethyl adjacent to an activating group) is 1. The summed E-state index contributed by atoms with van der Waals surface area (Å²) in [4.78, 5) is 22.2. The normalized spacial score (nSPS) is 32.5. The van der Waals surface area contributed by atoms with Gasteiger partial charge in [-0.1, -0.05) is 42.8 Å². The molecule has 6 unspecified atom stereocenters. The van der Waals surface area contributed by atoms with Crippen molar-refractivity contribution in [2.75, 3.05) is 27.3 Å². The number of ether oxygens (including phenoxy) is 3. The number of methoxy groups -OCH3 is 1. The molecule has 8 atom stereocenters. The summed E-state index contributed by atoms with van der Waals surface area (Å²) in [5.41, 5.74) is 4.80. The number of unbranched alkanes of at least 4 members (excludes halogenated alkanes) is 1. The Kier molecular flexibility index (Phi) is 7.91. The van der Waals surface area contributed by atoms with Crippen LogP contribution in [0.5, 0.6) is 11.5 Å². The number of carboxylic acid groups (broad SMARTS) is 2. The summed E-state index contributed by atoms with van der Waals surface area (Å²) >= 11 is 0. The molecule has 2 aromatic carbocycles. The Balaban J connectivity index is 0.000000286. The van der Waals surface area contributed by atoms with E-state index < -0.39 is 24.1 Å². The summed E-state index contributed by atoms with van der Waals surface area (Å²) in [5, 5.41) is 32.5. The largest absolute Gasteiger partial charge is 0.493 e. The molecule has 4 N–H and O–H groups in total. The Morgan fingerprint density at radius 3 is 2.40 bits per heavy atom. The van der Waals surface area contributed by atoms with Crippen LogP contribution in [-0.2, 0) is 32.6 Å². The molecule has 0 aromatic heterocycles. The predicted molar refractivity (Wildman–Crippen MR) is 155 cm³/mol. The van der Waals surface area contributed by atoms with Gasteiger partial charge >= 0.3 is 11.9 Å². The van der Waals surface area contributed by atoms with Crippen LogP contribution in [0.2, 0.25) is 0 Å². The van der Waals surface area contributed by atoms with Crippen molar-refractivity contribution in [3.8, 4) is 11.5 Å². The van der Waals surface area contributed by atoms with Crippen molar-refractivity contribution in [3.05, 3.63) is 59.2 Å². The van der Waals surface area contributed by atoms with Crippen LogP contribution in [-0.4, -0.2) is 95.0 Å². The highest BCUT2D eigenvalue weighted by Crippen LogP contribution is 2.69. The lowest BCUT2D eigenvalue weighted by molar-refractivity contribution is -0.279. The van der Waals surface area contributed by atoms with Crippen molar-refractivity contribution in [1.82, 2.24) is 4.90 Å². The van der Waals surface area contributed by atoms with Gasteiger partial charge in [0.1, 0.15) is 12.2 Å². The van der Waals surface area contributed by atoms with Crippen molar-refractivity contribution in [2.45, 2.75) is 80.8 Å². The highest BCUT2D eigenvalue weighted by atomic mass is 16.6. The van der Waals surface area contributed by atoms with Gasteiger partial charge in [0.15, 0.2) is 23.7 Å². The van der Waals surface area contributed by atoms with E-state index in [-0.39, 0.29) is 23.0 Å². The third-order valence-corrected chi connectivity index (χ3v) is 10.7. The summed E-state index contributed by atoms with van der Waals surface area (Å²) < 4.78 is 19.1. The average molecular weight is 596 g/mol. The summed E-state index contributed by atoms with van der Waals surface area (Å²) in [6.07, 6.45) is 4.38. The number of hydrogen-bond acceptors (Lipinski definition) is 8. The molecule has 5 aliphatic rings. The van der Waals surface area contributed by atoms with Gasteiger partial charge in [0.25, 0.3) is 0 Å². The number of aryl methyl sites for hydroxylation is 1. The summed E-state index contributed by atoms with van der Waals surface area (Å²) in [6.45, 7) is 2.06. The molecule has 2 bridgehead atoms. The molecule has 2 aliphatic carbocycles. The molecule has 0 amide bonds. The van der Waals surface area contributed by atoms with E-state index in [0.29, 0.717) is 12.0 Å². The Morgan fingerprint density at radius 2 is 1.77 bits per heavy atom. The Morgan fingerprint density at radius 1 is 1.05 bits per heavy atom. The quantitative estimate of drug-likeness (QED) is 0.319. The summed E-state index contributed by atoms with van der Waals surface area (Å²) in [7, 11) is 4.11. The molecule has 1 spiro atoms. The molecule has 3 fully saturated rings. The molecular formula is C33H41NO9. The van der Waals surface area contributed by atoms with Crippen molar-refractivity contribution in [1.29, 1.82) is 0 Å². The first-order valence-corrected chi connectivity index (χ1v) is 15.2. The van der Waals surface area contributed by atoms with E-state index in [9.17, 15) is 9.59 Å².